The second kappa shape index (κ2) is 6.33. The number of rotatable bonds is 6. The van der Waals surface area contributed by atoms with Crippen LogP contribution in [0.5, 0.6) is 5.75 Å². The van der Waals surface area contributed by atoms with Gasteiger partial charge in [-0.1, -0.05) is 19.8 Å². The van der Waals surface area contributed by atoms with Gasteiger partial charge in [0.05, 0.1) is 5.69 Å². The highest BCUT2D eigenvalue weighted by Crippen LogP contribution is 2.13. The summed E-state index contributed by atoms with van der Waals surface area (Å²) in [6, 6.07) is 4.65. The molecule has 0 aliphatic rings. The van der Waals surface area contributed by atoms with E-state index in [0.717, 1.165) is 13.0 Å². The first-order valence-corrected chi connectivity index (χ1v) is 6.63. The molecule has 5 nitrogen and oxygen atoms in total. The molecule has 2 aromatic heterocycles. The van der Waals surface area contributed by atoms with Gasteiger partial charge < -0.3 is 10.4 Å². The Morgan fingerprint density at radius 2 is 2.26 bits per heavy atom. The Kier molecular flexibility index (Phi) is 4.52. The van der Waals surface area contributed by atoms with E-state index in [1.54, 1.807) is 12.3 Å². The first kappa shape index (κ1) is 13.5. The monoisotopic (exact) mass is 261 g/mol. The second-order valence-electron chi connectivity index (χ2n) is 4.56. The van der Waals surface area contributed by atoms with E-state index in [1.807, 2.05) is 0 Å². The van der Waals surface area contributed by atoms with Crippen LogP contribution in [0.4, 0.5) is 0 Å². The van der Waals surface area contributed by atoms with Crippen LogP contribution in [0, 0.1) is 0 Å². The molecular formula is C14H19N3O2. The van der Waals surface area contributed by atoms with E-state index in [2.05, 4.69) is 17.2 Å². The lowest BCUT2D eigenvalue weighted by Crippen LogP contribution is -2.20. The summed E-state index contributed by atoms with van der Waals surface area (Å²) in [7, 11) is 0. The van der Waals surface area contributed by atoms with Gasteiger partial charge in [0.25, 0.3) is 5.56 Å². The van der Waals surface area contributed by atoms with Crippen LogP contribution in [0.15, 0.2) is 29.2 Å². The molecular weight excluding hydrogens is 242 g/mol. The Labute approximate surface area is 111 Å². The summed E-state index contributed by atoms with van der Waals surface area (Å²) in [4.78, 5) is 16.2. The van der Waals surface area contributed by atoms with Gasteiger partial charge >= 0.3 is 0 Å². The number of pyridine rings is 1. The molecule has 5 heteroatoms. The van der Waals surface area contributed by atoms with Gasteiger partial charge in [0.15, 0.2) is 11.4 Å². The average Bonchev–Trinajstić information content (AvgIpc) is 2.40. The van der Waals surface area contributed by atoms with Gasteiger partial charge in [0.1, 0.15) is 0 Å². The number of hydrogen-bond donors (Lipinski definition) is 2. The smallest absolute Gasteiger partial charge is 0.258 e. The number of nitrogens with zero attached hydrogens (tertiary/aromatic N) is 2. The molecule has 0 fully saturated rings. The number of aromatic hydroxyl groups is 1. The van der Waals surface area contributed by atoms with Gasteiger partial charge in [-0.3, -0.25) is 9.20 Å². The van der Waals surface area contributed by atoms with Crippen LogP contribution >= 0.6 is 0 Å². The third-order valence-corrected chi connectivity index (χ3v) is 2.99. The van der Waals surface area contributed by atoms with Gasteiger partial charge in [-0.15, -0.1) is 0 Å². The Morgan fingerprint density at radius 3 is 3.05 bits per heavy atom. The summed E-state index contributed by atoms with van der Waals surface area (Å²) in [5, 5.41) is 13.0. The molecule has 0 saturated carbocycles. The van der Waals surface area contributed by atoms with Crippen molar-refractivity contribution < 1.29 is 5.11 Å². The maximum Gasteiger partial charge on any atom is 0.258 e. The number of aromatic nitrogens is 2. The molecule has 0 aromatic carbocycles. The topological polar surface area (TPSA) is 66.6 Å². The quantitative estimate of drug-likeness (QED) is 0.776. The van der Waals surface area contributed by atoms with Gasteiger partial charge in [0, 0.05) is 18.8 Å². The average molecular weight is 261 g/mol. The molecule has 2 heterocycles. The lowest BCUT2D eigenvalue weighted by molar-refractivity contribution is 0.476. The van der Waals surface area contributed by atoms with E-state index >= 15 is 0 Å². The molecule has 0 saturated heterocycles. The molecule has 0 amide bonds. The van der Waals surface area contributed by atoms with Crippen LogP contribution in [0.1, 0.15) is 31.9 Å². The molecule has 2 N–H and O–H groups in total. The Bertz CT molecular complexity index is 607. The molecule has 0 aliphatic heterocycles. The molecule has 0 atom stereocenters. The molecule has 0 spiro atoms. The third kappa shape index (κ3) is 3.32. The molecule has 102 valence electrons. The van der Waals surface area contributed by atoms with Crippen molar-refractivity contribution in [2.75, 3.05) is 6.54 Å². The first-order valence-electron chi connectivity index (χ1n) is 6.63. The zero-order valence-corrected chi connectivity index (χ0v) is 11.1. The van der Waals surface area contributed by atoms with Crippen LogP contribution in [-0.4, -0.2) is 21.0 Å². The maximum absolute atomic E-state index is 11.9. The van der Waals surface area contributed by atoms with E-state index in [1.165, 1.54) is 29.4 Å². The zero-order valence-electron chi connectivity index (χ0n) is 11.1. The van der Waals surface area contributed by atoms with E-state index in [0.29, 0.717) is 17.9 Å². The highest BCUT2D eigenvalue weighted by molar-refractivity contribution is 5.52. The first-order chi connectivity index (χ1) is 9.22. The van der Waals surface area contributed by atoms with Crippen molar-refractivity contribution in [3.8, 4) is 5.75 Å². The van der Waals surface area contributed by atoms with Crippen molar-refractivity contribution in [3.63, 3.8) is 0 Å². The molecule has 19 heavy (non-hydrogen) atoms. The van der Waals surface area contributed by atoms with Crippen LogP contribution in [-0.2, 0) is 6.54 Å². The lowest BCUT2D eigenvalue weighted by atomic mass is 10.2. The summed E-state index contributed by atoms with van der Waals surface area (Å²) in [6.07, 6.45) is 5.10. The summed E-state index contributed by atoms with van der Waals surface area (Å²) >= 11 is 0. The molecule has 2 aromatic rings. The fourth-order valence-corrected chi connectivity index (χ4v) is 1.97. The SMILES string of the molecule is CCCCCNCc1cc(=O)n2cccc(O)c2n1. The van der Waals surface area contributed by atoms with Gasteiger partial charge in [-0.05, 0) is 25.1 Å². The normalized spacial score (nSPS) is 11.0. The number of unbranched alkanes of at least 4 members (excludes halogenated alkanes) is 2. The molecule has 0 aliphatic carbocycles. The molecule has 2 rings (SSSR count). The van der Waals surface area contributed by atoms with Gasteiger partial charge in [-0.25, -0.2) is 4.98 Å². The standard InChI is InChI=1S/C14H19N3O2/c1-2-3-4-7-15-10-11-9-13(19)17-8-5-6-12(18)14(17)16-11/h5-6,8-9,15,18H,2-4,7,10H2,1H3. The van der Waals surface area contributed by atoms with Crippen molar-refractivity contribution in [2.45, 2.75) is 32.7 Å². The van der Waals surface area contributed by atoms with Crippen LogP contribution in [0.2, 0.25) is 0 Å². The highest BCUT2D eigenvalue weighted by atomic mass is 16.3. The predicted molar refractivity (Wildman–Crippen MR) is 74.4 cm³/mol. The highest BCUT2D eigenvalue weighted by Gasteiger charge is 2.05. The largest absolute Gasteiger partial charge is 0.504 e. The van der Waals surface area contributed by atoms with E-state index in [9.17, 15) is 9.90 Å². The lowest BCUT2D eigenvalue weighted by Gasteiger charge is -2.06. The van der Waals surface area contributed by atoms with Gasteiger partial charge in [0.2, 0.25) is 0 Å². The minimum Gasteiger partial charge on any atom is -0.504 e. The fourth-order valence-electron chi connectivity index (χ4n) is 1.97. The van der Waals surface area contributed by atoms with E-state index in [-0.39, 0.29) is 11.3 Å². The van der Waals surface area contributed by atoms with Crippen LogP contribution in [0.25, 0.3) is 5.65 Å². The van der Waals surface area contributed by atoms with Crippen molar-refractivity contribution in [1.29, 1.82) is 0 Å². The summed E-state index contributed by atoms with van der Waals surface area (Å²) in [6.45, 7) is 3.62. The van der Waals surface area contributed by atoms with E-state index in [4.69, 9.17) is 0 Å². The third-order valence-electron chi connectivity index (χ3n) is 2.99. The van der Waals surface area contributed by atoms with Crippen LogP contribution < -0.4 is 10.9 Å². The summed E-state index contributed by atoms with van der Waals surface area (Å²) in [5.41, 5.74) is 0.787. The Hall–Kier alpha value is -1.88. The minimum atomic E-state index is -0.175. The molecule has 0 radical (unpaired) electrons. The number of hydrogen-bond acceptors (Lipinski definition) is 4. The van der Waals surface area contributed by atoms with Crippen molar-refractivity contribution in [1.82, 2.24) is 14.7 Å². The Morgan fingerprint density at radius 1 is 1.42 bits per heavy atom. The van der Waals surface area contributed by atoms with Crippen molar-refractivity contribution in [3.05, 3.63) is 40.4 Å². The van der Waals surface area contributed by atoms with E-state index < -0.39 is 0 Å². The maximum atomic E-state index is 11.9. The zero-order chi connectivity index (χ0) is 13.7. The summed E-state index contributed by atoms with van der Waals surface area (Å²) < 4.78 is 1.34. The minimum absolute atomic E-state index is 0.0208. The fraction of sp³-hybridized carbons (Fsp3) is 0.429. The summed E-state index contributed by atoms with van der Waals surface area (Å²) in [5.74, 6) is 0.0208. The van der Waals surface area contributed by atoms with Crippen molar-refractivity contribution in [2.24, 2.45) is 0 Å². The number of fused-ring (bicyclic) bond motifs is 1. The molecule has 0 unspecified atom stereocenters. The van der Waals surface area contributed by atoms with Crippen molar-refractivity contribution >= 4 is 5.65 Å². The second-order valence-corrected chi connectivity index (χ2v) is 4.56. The molecule has 0 bridgehead atoms. The van der Waals surface area contributed by atoms with Crippen LogP contribution in [0.3, 0.4) is 0 Å². The Balaban J connectivity index is 2.12. The number of nitrogens with one attached hydrogen (secondary N) is 1. The predicted octanol–water partition coefficient (Wildman–Crippen LogP) is 1.68. The van der Waals surface area contributed by atoms with Gasteiger partial charge in [-0.2, -0.15) is 0 Å².